The Morgan fingerprint density at radius 2 is 1.71 bits per heavy atom. The molecule has 8 nitrogen and oxygen atoms in total. The van der Waals surface area contributed by atoms with E-state index in [-0.39, 0.29) is 11.6 Å². The van der Waals surface area contributed by atoms with Crippen LogP contribution in [0.5, 0.6) is 0 Å². The van der Waals surface area contributed by atoms with Crippen LogP contribution in [0, 0.1) is 10.1 Å². The predicted octanol–water partition coefficient (Wildman–Crippen LogP) is 4.13. The largest absolute Gasteiger partial charge is 0.322 e. The molecule has 3 heterocycles. The first kappa shape index (κ1) is 18.7. The van der Waals surface area contributed by atoms with Crippen molar-refractivity contribution in [1.29, 1.82) is 0 Å². The van der Waals surface area contributed by atoms with E-state index in [1.807, 2.05) is 42.5 Å². The molecule has 1 N–H and O–H groups in total. The van der Waals surface area contributed by atoms with Crippen LogP contribution in [-0.4, -0.2) is 30.9 Å². The summed E-state index contributed by atoms with van der Waals surface area (Å²) in [5.74, 6) is -0.162. The minimum atomic E-state index is -0.434. The van der Waals surface area contributed by atoms with Gasteiger partial charge in [-0.1, -0.05) is 30.3 Å². The number of aromatic nitrogens is 3. The number of nitrogens with zero attached hydrogens (tertiary/aromatic N) is 4. The highest BCUT2D eigenvalue weighted by atomic mass is 16.6. The van der Waals surface area contributed by atoms with Gasteiger partial charge in [-0.15, -0.1) is 0 Å². The second-order valence-corrected chi connectivity index (χ2v) is 7.27. The van der Waals surface area contributed by atoms with E-state index in [4.69, 9.17) is 0 Å². The maximum Gasteiger partial charge on any atom is 0.273 e. The molecule has 0 saturated heterocycles. The van der Waals surface area contributed by atoms with Crippen LogP contribution >= 0.6 is 0 Å². The van der Waals surface area contributed by atoms with Gasteiger partial charge in [-0.3, -0.25) is 25.0 Å². The summed E-state index contributed by atoms with van der Waals surface area (Å²) in [7, 11) is 0. The molecule has 8 heteroatoms. The number of aromatic amines is 1. The Balaban J connectivity index is 1.64. The van der Waals surface area contributed by atoms with E-state index < -0.39 is 11.0 Å². The number of rotatable bonds is 5. The van der Waals surface area contributed by atoms with Crippen LogP contribution in [0.1, 0.15) is 33.2 Å². The molecule has 1 atom stereocenters. The third kappa shape index (κ3) is 3.24. The zero-order chi connectivity index (χ0) is 21.4. The molecule has 31 heavy (non-hydrogen) atoms. The summed E-state index contributed by atoms with van der Waals surface area (Å²) in [5.41, 5.74) is 4.54. The standard InChI is InChI=1S/C23H17N5O3/c29-23-21-19(20(25-26-21)16-4-2-1-3-5-16)22(17-6-8-18(9-7-17)28(30)31)27(23)14-15-10-12-24-13-11-15/h1-13,22H,14H2,(H,25,26). The summed E-state index contributed by atoms with van der Waals surface area (Å²) < 4.78 is 0. The summed E-state index contributed by atoms with van der Waals surface area (Å²) in [6, 6.07) is 19.3. The lowest BCUT2D eigenvalue weighted by Crippen LogP contribution is -2.29. The van der Waals surface area contributed by atoms with Gasteiger partial charge in [-0.05, 0) is 35.4 Å². The SMILES string of the molecule is O=C1c2[nH]nc(-c3ccccc3)c2C(c2ccc([N+](=O)[O-])cc2)N1Cc1ccncc1. The number of nitro groups is 1. The fourth-order valence-corrected chi connectivity index (χ4v) is 3.99. The van der Waals surface area contributed by atoms with Crippen LogP contribution in [0.15, 0.2) is 79.1 Å². The normalized spacial score (nSPS) is 15.2. The van der Waals surface area contributed by atoms with E-state index in [1.54, 1.807) is 29.4 Å². The molecule has 1 aliphatic rings. The van der Waals surface area contributed by atoms with Gasteiger partial charge in [0, 0.05) is 42.2 Å². The molecule has 2 aromatic heterocycles. The van der Waals surface area contributed by atoms with Crippen LogP contribution in [-0.2, 0) is 6.54 Å². The van der Waals surface area contributed by atoms with Gasteiger partial charge in [0.15, 0.2) is 0 Å². The number of nitro benzene ring substituents is 1. The van der Waals surface area contributed by atoms with Crippen molar-refractivity contribution in [2.45, 2.75) is 12.6 Å². The van der Waals surface area contributed by atoms with E-state index in [0.29, 0.717) is 17.9 Å². The number of benzene rings is 2. The van der Waals surface area contributed by atoms with Crippen molar-refractivity contribution in [3.63, 3.8) is 0 Å². The molecule has 4 aromatic rings. The number of non-ortho nitro benzene ring substituents is 1. The first-order chi connectivity index (χ1) is 15.1. The molecular formula is C23H17N5O3. The molecule has 1 aliphatic heterocycles. The fourth-order valence-electron chi connectivity index (χ4n) is 3.99. The van der Waals surface area contributed by atoms with Gasteiger partial charge in [0.25, 0.3) is 11.6 Å². The van der Waals surface area contributed by atoms with Gasteiger partial charge < -0.3 is 4.90 Å². The molecule has 0 radical (unpaired) electrons. The number of H-pyrrole nitrogens is 1. The predicted molar refractivity (Wildman–Crippen MR) is 113 cm³/mol. The van der Waals surface area contributed by atoms with Crippen molar-refractivity contribution in [1.82, 2.24) is 20.1 Å². The molecule has 0 aliphatic carbocycles. The maximum atomic E-state index is 13.3. The molecule has 2 aromatic carbocycles. The van der Waals surface area contributed by atoms with E-state index in [9.17, 15) is 14.9 Å². The Bertz CT molecular complexity index is 1250. The first-order valence-electron chi connectivity index (χ1n) is 9.71. The van der Waals surface area contributed by atoms with Crippen LogP contribution < -0.4 is 0 Å². The molecule has 152 valence electrons. The summed E-state index contributed by atoms with van der Waals surface area (Å²) in [6.45, 7) is 0.375. The molecule has 5 rings (SSSR count). The molecule has 0 bridgehead atoms. The Labute approximate surface area is 177 Å². The lowest BCUT2D eigenvalue weighted by Gasteiger charge is -2.26. The summed E-state index contributed by atoms with van der Waals surface area (Å²) in [4.78, 5) is 29.8. The van der Waals surface area contributed by atoms with Gasteiger partial charge in [-0.2, -0.15) is 5.10 Å². The van der Waals surface area contributed by atoms with Crippen molar-refractivity contribution in [3.8, 4) is 11.3 Å². The van der Waals surface area contributed by atoms with Gasteiger partial charge in [0.05, 0.1) is 16.7 Å². The number of pyridine rings is 1. The van der Waals surface area contributed by atoms with Crippen molar-refractivity contribution in [2.24, 2.45) is 0 Å². The van der Waals surface area contributed by atoms with Crippen molar-refractivity contribution in [2.75, 3.05) is 0 Å². The second kappa shape index (κ2) is 7.49. The molecule has 1 unspecified atom stereocenters. The van der Waals surface area contributed by atoms with E-state index in [1.165, 1.54) is 12.1 Å². The summed E-state index contributed by atoms with van der Waals surface area (Å²) in [6.07, 6.45) is 3.37. The Morgan fingerprint density at radius 1 is 1.00 bits per heavy atom. The zero-order valence-corrected chi connectivity index (χ0v) is 16.3. The smallest absolute Gasteiger partial charge is 0.273 e. The van der Waals surface area contributed by atoms with Crippen molar-refractivity contribution < 1.29 is 9.72 Å². The van der Waals surface area contributed by atoms with Gasteiger partial charge in [-0.25, -0.2) is 0 Å². The average Bonchev–Trinajstić information content (AvgIpc) is 3.35. The Morgan fingerprint density at radius 3 is 2.39 bits per heavy atom. The Hall–Kier alpha value is -4.33. The Kier molecular flexibility index (Phi) is 4.51. The van der Waals surface area contributed by atoms with Crippen LogP contribution in [0.3, 0.4) is 0 Å². The van der Waals surface area contributed by atoms with Crippen LogP contribution in [0.4, 0.5) is 5.69 Å². The number of amides is 1. The number of carbonyl (C=O) groups is 1. The lowest BCUT2D eigenvalue weighted by atomic mass is 9.96. The molecular weight excluding hydrogens is 394 g/mol. The van der Waals surface area contributed by atoms with Crippen LogP contribution in [0.25, 0.3) is 11.3 Å². The second-order valence-electron chi connectivity index (χ2n) is 7.27. The number of carbonyl (C=O) groups excluding carboxylic acids is 1. The molecule has 0 saturated carbocycles. The number of fused-ring (bicyclic) bond motifs is 1. The highest BCUT2D eigenvalue weighted by Crippen LogP contribution is 2.43. The maximum absolute atomic E-state index is 13.3. The third-order valence-electron chi connectivity index (χ3n) is 5.43. The fraction of sp³-hybridized carbons (Fsp3) is 0.0870. The third-order valence-corrected chi connectivity index (χ3v) is 5.43. The topological polar surface area (TPSA) is 105 Å². The van der Waals surface area contributed by atoms with Gasteiger partial charge in [0.1, 0.15) is 5.69 Å². The molecule has 0 fully saturated rings. The summed E-state index contributed by atoms with van der Waals surface area (Å²) in [5, 5.41) is 18.5. The minimum Gasteiger partial charge on any atom is -0.322 e. The van der Waals surface area contributed by atoms with Gasteiger partial charge in [0.2, 0.25) is 0 Å². The monoisotopic (exact) mass is 411 g/mol. The first-order valence-corrected chi connectivity index (χ1v) is 9.71. The van der Waals surface area contributed by atoms with E-state index in [0.717, 1.165) is 22.3 Å². The number of hydrogen-bond acceptors (Lipinski definition) is 5. The highest BCUT2D eigenvalue weighted by Gasteiger charge is 2.42. The van der Waals surface area contributed by atoms with Crippen LogP contribution in [0.2, 0.25) is 0 Å². The van der Waals surface area contributed by atoms with E-state index >= 15 is 0 Å². The van der Waals surface area contributed by atoms with Crippen molar-refractivity contribution >= 4 is 11.6 Å². The minimum absolute atomic E-state index is 0.00413. The lowest BCUT2D eigenvalue weighted by molar-refractivity contribution is -0.384. The number of nitrogens with one attached hydrogen (secondary N) is 1. The molecule has 0 spiro atoms. The zero-order valence-electron chi connectivity index (χ0n) is 16.3. The van der Waals surface area contributed by atoms with E-state index in [2.05, 4.69) is 15.2 Å². The average molecular weight is 411 g/mol. The molecule has 1 amide bonds. The summed E-state index contributed by atoms with van der Waals surface area (Å²) >= 11 is 0. The van der Waals surface area contributed by atoms with Gasteiger partial charge >= 0.3 is 0 Å². The highest BCUT2D eigenvalue weighted by molar-refractivity contribution is 6.00. The quantitative estimate of drug-likeness (QED) is 0.393. The van der Waals surface area contributed by atoms with Crippen molar-refractivity contribution in [3.05, 3.63) is 112 Å². The number of hydrogen-bond donors (Lipinski definition) is 1.